The van der Waals surface area contributed by atoms with Crippen LogP contribution < -0.4 is 24.0 Å². The van der Waals surface area contributed by atoms with E-state index in [2.05, 4.69) is 5.32 Å². The second-order valence-corrected chi connectivity index (χ2v) is 10.5. The molecule has 1 fully saturated rings. The van der Waals surface area contributed by atoms with Crippen LogP contribution in [0.4, 0.5) is 21.5 Å². The lowest BCUT2D eigenvalue weighted by Gasteiger charge is -2.25. The van der Waals surface area contributed by atoms with Crippen LogP contribution >= 0.6 is 0 Å². The Balaban J connectivity index is 1.63. The molecule has 0 saturated carbocycles. The third kappa shape index (κ3) is 5.42. The highest BCUT2D eigenvalue weighted by Crippen LogP contribution is 2.33. The van der Waals surface area contributed by atoms with E-state index in [4.69, 9.17) is 9.47 Å². The third-order valence-corrected chi connectivity index (χ3v) is 7.95. The lowest BCUT2D eigenvalue weighted by Crippen LogP contribution is -2.38. The summed E-state index contributed by atoms with van der Waals surface area (Å²) in [7, 11) is -1.62. The molecule has 0 bridgehead atoms. The average Bonchev–Trinajstić information content (AvgIpc) is 3.32. The number of benzene rings is 3. The summed E-state index contributed by atoms with van der Waals surface area (Å²) in [6.45, 7) is 1.77. The van der Waals surface area contributed by atoms with Gasteiger partial charge in [-0.3, -0.25) is 13.9 Å². The third-order valence-electron chi connectivity index (χ3n) is 6.20. The normalized spacial score (nSPS) is 13.4. The van der Waals surface area contributed by atoms with Crippen molar-refractivity contribution in [3.8, 4) is 11.5 Å². The lowest BCUT2D eigenvalue weighted by molar-refractivity contribution is -0.117. The SMILES string of the molecule is COc1ccc(S(=O)(=O)N(CC(=O)Nc2ccc(N3CCCC3=O)c(C)c2)c2ccccc2F)cc1OC. The van der Waals surface area contributed by atoms with E-state index in [9.17, 15) is 22.4 Å². The number of nitrogens with one attached hydrogen (secondary N) is 1. The Kier molecular flexibility index (Phi) is 7.86. The van der Waals surface area contributed by atoms with Gasteiger partial charge in [-0.1, -0.05) is 12.1 Å². The first-order valence-electron chi connectivity index (χ1n) is 11.9. The van der Waals surface area contributed by atoms with E-state index in [1.54, 1.807) is 23.1 Å². The van der Waals surface area contributed by atoms with Gasteiger partial charge in [0, 0.05) is 30.4 Å². The van der Waals surface area contributed by atoms with Crippen LogP contribution in [0.2, 0.25) is 0 Å². The van der Waals surface area contributed by atoms with Crippen LogP contribution in [0.3, 0.4) is 0 Å². The molecule has 1 aliphatic heterocycles. The molecule has 1 heterocycles. The number of methoxy groups -OCH3 is 2. The molecule has 9 nitrogen and oxygen atoms in total. The molecular formula is C27H28FN3O6S. The topological polar surface area (TPSA) is 105 Å². The van der Waals surface area contributed by atoms with Crippen LogP contribution in [0.5, 0.6) is 11.5 Å². The standard InChI is InChI=1S/C27H28FN3O6S/c1-18-15-19(10-12-22(18)30-14-6-9-27(30)33)29-26(32)17-31(23-8-5-4-7-21(23)28)38(34,35)20-11-13-24(36-2)25(16-20)37-3/h4-5,7-8,10-13,15-16H,6,9,14,17H2,1-3H3,(H,29,32). The molecule has 11 heteroatoms. The molecule has 3 aromatic carbocycles. The molecule has 1 N–H and O–H groups in total. The van der Waals surface area contributed by atoms with E-state index in [0.717, 1.165) is 23.7 Å². The van der Waals surface area contributed by atoms with Gasteiger partial charge in [-0.15, -0.1) is 0 Å². The fraction of sp³-hybridized carbons (Fsp3) is 0.259. The van der Waals surface area contributed by atoms with Crippen LogP contribution in [-0.2, 0) is 19.6 Å². The quantitative estimate of drug-likeness (QED) is 0.437. The second kappa shape index (κ2) is 11.1. The summed E-state index contributed by atoms with van der Waals surface area (Å²) in [5.74, 6) is -0.957. The van der Waals surface area contributed by atoms with E-state index >= 15 is 0 Å². The summed E-state index contributed by atoms with van der Waals surface area (Å²) in [5, 5.41) is 2.68. The van der Waals surface area contributed by atoms with Crippen molar-refractivity contribution in [2.24, 2.45) is 0 Å². The average molecular weight is 542 g/mol. The molecule has 1 saturated heterocycles. The fourth-order valence-electron chi connectivity index (χ4n) is 4.33. The highest BCUT2D eigenvalue weighted by Gasteiger charge is 2.30. The molecule has 38 heavy (non-hydrogen) atoms. The number of rotatable bonds is 9. The summed E-state index contributed by atoms with van der Waals surface area (Å²) >= 11 is 0. The maximum absolute atomic E-state index is 14.8. The lowest BCUT2D eigenvalue weighted by atomic mass is 10.1. The van der Waals surface area contributed by atoms with Gasteiger partial charge in [0.15, 0.2) is 11.5 Å². The minimum absolute atomic E-state index is 0.0470. The number of para-hydroxylation sites is 1. The van der Waals surface area contributed by atoms with Crippen molar-refractivity contribution in [2.45, 2.75) is 24.7 Å². The van der Waals surface area contributed by atoms with Gasteiger partial charge in [0.1, 0.15) is 12.4 Å². The predicted octanol–water partition coefficient (Wildman–Crippen LogP) is 4.11. The van der Waals surface area contributed by atoms with Gasteiger partial charge in [0.25, 0.3) is 10.0 Å². The van der Waals surface area contributed by atoms with Gasteiger partial charge in [0.05, 0.1) is 24.8 Å². The van der Waals surface area contributed by atoms with Crippen LogP contribution in [0.25, 0.3) is 0 Å². The molecule has 2 amide bonds. The number of ether oxygens (including phenoxy) is 2. The molecule has 0 spiro atoms. The van der Waals surface area contributed by atoms with E-state index in [1.807, 2.05) is 6.92 Å². The van der Waals surface area contributed by atoms with E-state index in [0.29, 0.717) is 28.7 Å². The minimum Gasteiger partial charge on any atom is -0.493 e. The number of carbonyl (C=O) groups is 2. The highest BCUT2D eigenvalue weighted by molar-refractivity contribution is 7.92. The zero-order valence-corrected chi connectivity index (χ0v) is 22.0. The number of aryl methyl sites for hydroxylation is 1. The van der Waals surface area contributed by atoms with Gasteiger partial charge in [-0.25, -0.2) is 12.8 Å². The van der Waals surface area contributed by atoms with Gasteiger partial charge in [-0.05, 0) is 61.4 Å². The van der Waals surface area contributed by atoms with Gasteiger partial charge < -0.3 is 19.7 Å². The van der Waals surface area contributed by atoms with Gasteiger partial charge in [0.2, 0.25) is 11.8 Å². The monoisotopic (exact) mass is 541 g/mol. The molecule has 3 aromatic rings. The Bertz CT molecular complexity index is 1480. The zero-order chi connectivity index (χ0) is 27.4. The van der Waals surface area contributed by atoms with E-state index < -0.39 is 28.3 Å². The molecule has 0 radical (unpaired) electrons. The molecule has 1 aliphatic rings. The maximum Gasteiger partial charge on any atom is 0.265 e. The van der Waals surface area contributed by atoms with E-state index in [-0.39, 0.29) is 22.2 Å². The molecular weight excluding hydrogens is 513 g/mol. The predicted molar refractivity (Wildman–Crippen MR) is 142 cm³/mol. The van der Waals surface area contributed by atoms with Crippen molar-refractivity contribution in [3.63, 3.8) is 0 Å². The Morgan fingerprint density at radius 3 is 2.42 bits per heavy atom. The summed E-state index contributed by atoms with van der Waals surface area (Å²) in [6.07, 6.45) is 1.29. The fourth-order valence-corrected chi connectivity index (χ4v) is 5.77. The largest absolute Gasteiger partial charge is 0.493 e. The van der Waals surface area contributed by atoms with E-state index in [1.165, 1.54) is 50.6 Å². The summed E-state index contributed by atoms with van der Waals surface area (Å²) < 4.78 is 53.2. The molecule has 0 atom stereocenters. The number of sulfonamides is 1. The molecule has 0 aliphatic carbocycles. The van der Waals surface area contributed by atoms with Crippen LogP contribution in [0.15, 0.2) is 65.6 Å². The van der Waals surface area contributed by atoms with Crippen LogP contribution in [0.1, 0.15) is 18.4 Å². The Labute approximate surface area is 220 Å². The van der Waals surface area contributed by atoms with Gasteiger partial charge >= 0.3 is 0 Å². The first-order valence-corrected chi connectivity index (χ1v) is 13.3. The van der Waals surface area contributed by atoms with Crippen LogP contribution in [-0.4, -0.2) is 47.5 Å². The van der Waals surface area contributed by atoms with Crippen molar-refractivity contribution < 1.29 is 31.9 Å². The summed E-state index contributed by atoms with van der Waals surface area (Å²) in [5.41, 5.74) is 1.67. The number of hydrogen-bond donors (Lipinski definition) is 1. The number of halogens is 1. The van der Waals surface area contributed by atoms with Crippen molar-refractivity contribution in [1.82, 2.24) is 0 Å². The number of anilines is 3. The van der Waals surface area contributed by atoms with Crippen molar-refractivity contribution in [2.75, 3.05) is 41.8 Å². The number of carbonyl (C=O) groups excluding carboxylic acids is 2. The molecule has 0 unspecified atom stereocenters. The van der Waals surface area contributed by atoms with Gasteiger partial charge in [-0.2, -0.15) is 0 Å². The smallest absolute Gasteiger partial charge is 0.265 e. The summed E-state index contributed by atoms with van der Waals surface area (Å²) in [6, 6.07) is 14.4. The number of nitrogens with zero attached hydrogens (tertiary/aromatic N) is 2. The molecule has 0 aromatic heterocycles. The molecule has 200 valence electrons. The Hall–Kier alpha value is -4.12. The van der Waals surface area contributed by atoms with Crippen molar-refractivity contribution >= 4 is 38.9 Å². The van der Waals surface area contributed by atoms with Crippen molar-refractivity contribution in [3.05, 3.63) is 72.0 Å². The highest BCUT2D eigenvalue weighted by atomic mass is 32.2. The van der Waals surface area contributed by atoms with Crippen LogP contribution in [0, 0.1) is 12.7 Å². The molecule has 4 rings (SSSR count). The van der Waals surface area contributed by atoms with Crippen molar-refractivity contribution in [1.29, 1.82) is 0 Å². The second-order valence-electron chi connectivity index (χ2n) is 8.68. The zero-order valence-electron chi connectivity index (χ0n) is 21.2. The Morgan fingerprint density at radius 2 is 1.79 bits per heavy atom. The maximum atomic E-state index is 14.8. The first kappa shape index (κ1) is 26.9. The Morgan fingerprint density at radius 1 is 1.05 bits per heavy atom. The first-order chi connectivity index (χ1) is 18.1. The summed E-state index contributed by atoms with van der Waals surface area (Å²) in [4.78, 5) is 26.7. The number of hydrogen-bond acceptors (Lipinski definition) is 6. The minimum atomic E-state index is -4.40. The number of amides is 2.